The number of carbonyl (C=O) groups excluding carboxylic acids is 1. The molecule has 2 aromatic rings. The summed E-state index contributed by atoms with van der Waals surface area (Å²) >= 11 is 5.96. The molecule has 26 heavy (non-hydrogen) atoms. The van der Waals surface area contributed by atoms with Crippen molar-refractivity contribution in [2.24, 2.45) is 0 Å². The standard InChI is InChI=1S/C18H13ClF2N2O3/c1-25-15-8-4-5-11(16(15)26-18(20)21)9-12(10-22)17(24)23-14-7-3-2-6-13(14)19/h2-9,18H,1H3,(H,23,24)/b12-9+. The quantitative estimate of drug-likeness (QED) is 0.593. The number of carbonyl (C=O) groups is 1. The molecule has 5 nitrogen and oxygen atoms in total. The number of nitriles is 1. The maximum atomic E-state index is 12.7. The van der Waals surface area contributed by atoms with Crippen LogP contribution < -0.4 is 14.8 Å². The van der Waals surface area contributed by atoms with Crippen LogP contribution in [-0.2, 0) is 4.79 Å². The maximum Gasteiger partial charge on any atom is 0.387 e. The summed E-state index contributed by atoms with van der Waals surface area (Å²) in [4.78, 5) is 12.3. The molecule has 0 radical (unpaired) electrons. The highest BCUT2D eigenvalue weighted by atomic mass is 35.5. The number of hydrogen-bond donors (Lipinski definition) is 1. The number of amides is 1. The Balaban J connectivity index is 2.38. The van der Waals surface area contributed by atoms with Crippen molar-refractivity contribution < 1.29 is 23.0 Å². The van der Waals surface area contributed by atoms with Gasteiger partial charge in [-0.3, -0.25) is 4.79 Å². The van der Waals surface area contributed by atoms with E-state index in [1.54, 1.807) is 30.3 Å². The number of halogens is 3. The van der Waals surface area contributed by atoms with E-state index in [2.05, 4.69) is 10.1 Å². The van der Waals surface area contributed by atoms with Crippen LogP contribution >= 0.6 is 11.6 Å². The molecule has 0 atom stereocenters. The largest absolute Gasteiger partial charge is 0.493 e. The highest BCUT2D eigenvalue weighted by Gasteiger charge is 2.17. The van der Waals surface area contributed by atoms with Crippen LogP contribution in [0.25, 0.3) is 6.08 Å². The Morgan fingerprint density at radius 1 is 1.27 bits per heavy atom. The lowest BCUT2D eigenvalue weighted by Gasteiger charge is -2.13. The summed E-state index contributed by atoms with van der Waals surface area (Å²) in [6, 6.07) is 12.6. The second-order valence-electron chi connectivity index (χ2n) is 4.86. The van der Waals surface area contributed by atoms with Crippen LogP contribution in [0.1, 0.15) is 5.56 Å². The number of nitrogens with one attached hydrogen (secondary N) is 1. The molecule has 0 saturated carbocycles. The van der Waals surface area contributed by atoms with Crippen molar-refractivity contribution in [3.63, 3.8) is 0 Å². The first-order valence-corrected chi connectivity index (χ1v) is 7.63. The summed E-state index contributed by atoms with van der Waals surface area (Å²) in [5.41, 5.74) is 0.0859. The highest BCUT2D eigenvalue weighted by molar-refractivity contribution is 6.34. The van der Waals surface area contributed by atoms with Crippen molar-refractivity contribution >= 4 is 29.3 Å². The second-order valence-corrected chi connectivity index (χ2v) is 5.27. The predicted molar refractivity (Wildman–Crippen MR) is 93.3 cm³/mol. The third-order valence-corrected chi connectivity index (χ3v) is 3.55. The summed E-state index contributed by atoms with van der Waals surface area (Å²) in [6.07, 6.45) is 1.13. The van der Waals surface area contributed by atoms with Crippen molar-refractivity contribution in [2.75, 3.05) is 12.4 Å². The molecule has 2 aromatic carbocycles. The summed E-state index contributed by atoms with van der Waals surface area (Å²) in [7, 11) is 1.29. The number of methoxy groups -OCH3 is 1. The Labute approximate surface area is 153 Å². The topological polar surface area (TPSA) is 71.3 Å². The van der Waals surface area contributed by atoms with E-state index in [0.717, 1.165) is 6.08 Å². The van der Waals surface area contributed by atoms with Crippen molar-refractivity contribution in [2.45, 2.75) is 6.61 Å². The zero-order valence-corrected chi connectivity index (χ0v) is 14.3. The van der Waals surface area contributed by atoms with Gasteiger partial charge in [0, 0.05) is 5.56 Å². The van der Waals surface area contributed by atoms with E-state index in [-0.39, 0.29) is 22.6 Å². The van der Waals surface area contributed by atoms with E-state index in [4.69, 9.17) is 16.3 Å². The Kier molecular flexibility index (Phi) is 6.53. The third-order valence-electron chi connectivity index (χ3n) is 3.22. The summed E-state index contributed by atoms with van der Waals surface area (Å²) in [6.45, 7) is -3.10. The van der Waals surface area contributed by atoms with Gasteiger partial charge in [0.2, 0.25) is 0 Å². The van der Waals surface area contributed by atoms with E-state index >= 15 is 0 Å². The zero-order chi connectivity index (χ0) is 19.1. The maximum absolute atomic E-state index is 12.7. The number of nitrogens with zero attached hydrogens (tertiary/aromatic N) is 1. The zero-order valence-electron chi connectivity index (χ0n) is 13.5. The Bertz CT molecular complexity index is 879. The molecule has 0 unspecified atom stereocenters. The first kappa shape index (κ1) is 19.2. The fraction of sp³-hybridized carbons (Fsp3) is 0.111. The minimum Gasteiger partial charge on any atom is -0.493 e. The van der Waals surface area contributed by atoms with E-state index < -0.39 is 12.5 Å². The second kappa shape index (κ2) is 8.83. The van der Waals surface area contributed by atoms with Crippen LogP contribution in [0.15, 0.2) is 48.0 Å². The van der Waals surface area contributed by atoms with Gasteiger partial charge in [-0.05, 0) is 24.3 Å². The molecule has 8 heteroatoms. The van der Waals surface area contributed by atoms with Crippen LogP contribution in [0.2, 0.25) is 5.02 Å². The van der Waals surface area contributed by atoms with Gasteiger partial charge >= 0.3 is 6.61 Å². The minimum absolute atomic E-state index is 0.0443. The number of ether oxygens (including phenoxy) is 2. The van der Waals surface area contributed by atoms with E-state index in [1.165, 1.54) is 25.3 Å². The SMILES string of the molecule is COc1cccc(/C=C(\C#N)C(=O)Nc2ccccc2Cl)c1OC(F)F. The van der Waals surface area contributed by atoms with Crippen molar-refractivity contribution in [3.05, 3.63) is 58.6 Å². The molecule has 134 valence electrons. The third kappa shape index (κ3) is 4.71. The molecule has 0 spiro atoms. The lowest BCUT2D eigenvalue weighted by Crippen LogP contribution is -2.14. The highest BCUT2D eigenvalue weighted by Crippen LogP contribution is 2.34. The van der Waals surface area contributed by atoms with E-state index in [0.29, 0.717) is 10.7 Å². The first-order chi connectivity index (χ1) is 12.5. The van der Waals surface area contributed by atoms with Gasteiger partial charge in [-0.25, -0.2) is 0 Å². The van der Waals surface area contributed by atoms with Gasteiger partial charge in [-0.2, -0.15) is 14.0 Å². The Hall–Kier alpha value is -3.11. The van der Waals surface area contributed by atoms with Gasteiger partial charge in [0.15, 0.2) is 11.5 Å². The smallest absolute Gasteiger partial charge is 0.387 e. The Morgan fingerprint density at radius 3 is 2.62 bits per heavy atom. The number of para-hydroxylation sites is 2. The lowest BCUT2D eigenvalue weighted by atomic mass is 10.1. The normalized spacial score (nSPS) is 11.0. The van der Waals surface area contributed by atoms with Gasteiger partial charge in [0.05, 0.1) is 17.8 Å². The summed E-state index contributed by atoms with van der Waals surface area (Å²) in [5, 5.41) is 12.1. The Morgan fingerprint density at radius 2 is 2.00 bits per heavy atom. The van der Waals surface area contributed by atoms with Crippen LogP contribution in [-0.4, -0.2) is 19.6 Å². The monoisotopic (exact) mass is 378 g/mol. The van der Waals surface area contributed by atoms with E-state index in [9.17, 15) is 18.8 Å². The van der Waals surface area contributed by atoms with Crippen LogP contribution in [0.5, 0.6) is 11.5 Å². The van der Waals surface area contributed by atoms with Crippen molar-refractivity contribution in [3.8, 4) is 17.6 Å². The molecule has 0 bridgehead atoms. The molecule has 0 saturated heterocycles. The number of hydrogen-bond acceptors (Lipinski definition) is 4. The van der Waals surface area contributed by atoms with Gasteiger partial charge in [-0.15, -0.1) is 0 Å². The molecular weight excluding hydrogens is 366 g/mol. The van der Waals surface area contributed by atoms with Gasteiger partial charge in [0.25, 0.3) is 5.91 Å². The first-order valence-electron chi connectivity index (χ1n) is 7.25. The van der Waals surface area contributed by atoms with Gasteiger partial charge in [-0.1, -0.05) is 35.9 Å². The average molecular weight is 379 g/mol. The lowest BCUT2D eigenvalue weighted by molar-refractivity contribution is -0.112. The fourth-order valence-corrected chi connectivity index (χ4v) is 2.26. The number of benzene rings is 2. The van der Waals surface area contributed by atoms with Crippen molar-refractivity contribution in [1.29, 1.82) is 5.26 Å². The molecule has 0 aromatic heterocycles. The average Bonchev–Trinajstić information content (AvgIpc) is 2.62. The van der Waals surface area contributed by atoms with E-state index in [1.807, 2.05) is 0 Å². The molecule has 2 rings (SSSR count). The molecule has 0 aliphatic carbocycles. The molecule has 0 heterocycles. The molecule has 0 aliphatic rings. The summed E-state index contributed by atoms with van der Waals surface area (Å²) < 4.78 is 34.8. The van der Waals surface area contributed by atoms with Gasteiger partial charge in [0.1, 0.15) is 11.6 Å². The molecule has 0 fully saturated rings. The molecule has 1 amide bonds. The van der Waals surface area contributed by atoms with Crippen LogP contribution in [0.3, 0.4) is 0 Å². The number of anilines is 1. The molecule has 1 N–H and O–H groups in total. The van der Waals surface area contributed by atoms with Gasteiger partial charge < -0.3 is 14.8 Å². The van der Waals surface area contributed by atoms with Crippen LogP contribution in [0.4, 0.5) is 14.5 Å². The predicted octanol–water partition coefficient (Wildman–Crippen LogP) is 4.50. The van der Waals surface area contributed by atoms with Crippen molar-refractivity contribution in [1.82, 2.24) is 0 Å². The summed E-state index contributed by atoms with van der Waals surface area (Å²) in [5.74, 6) is -0.974. The number of alkyl halides is 2. The molecule has 0 aliphatic heterocycles. The number of rotatable bonds is 6. The minimum atomic E-state index is -3.10. The van der Waals surface area contributed by atoms with Crippen LogP contribution in [0, 0.1) is 11.3 Å². The molecular formula is C18H13ClF2N2O3. The fourth-order valence-electron chi connectivity index (χ4n) is 2.08.